The standard InChI is InChI=1S/C23H22N8/c1-29-10-12-30(13-11-29)21-7-4-19(16-25-21)27-23-26-15-18-8-9-31(22(18)28-23)20-5-2-17(14-24)3-6-20/h2-9,15-16H,10-13H2,1H3,(H,26,27,28). The van der Waals surface area contributed by atoms with E-state index < -0.39 is 0 Å². The second-order valence-corrected chi connectivity index (χ2v) is 7.64. The molecule has 154 valence electrons. The van der Waals surface area contributed by atoms with Gasteiger partial charge in [0.15, 0.2) is 0 Å². The molecule has 0 unspecified atom stereocenters. The van der Waals surface area contributed by atoms with Gasteiger partial charge in [-0.15, -0.1) is 0 Å². The number of likely N-dealkylation sites (N-methyl/N-ethyl adjacent to an activating group) is 1. The van der Waals surface area contributed by atoms with E-state index in [2.05, 4.69) is 38.2 Å². The number of fused-ring (bicyclic) bond motifs is 1. The summed E-state index contributed by atoms with van der Waals surface area (Å²) < 4.78 is 1.98. The molecule has 0 spiro atoms. The van der Waals surface area contributed by atoms with Gasteiger partial charge in [-0.25, -0.2) is 9.97 Å². The number of nitrogens with one attached hydrogen (secondary N) is 1. The number of aromatic nitrogens is 4. The zero-order valence-corrected chi connectivity index (χ0v) is 17.2. The molecule has 4 aromatic rings. The molecule has 1 aliphatic heterocycles. The summed E-state index contributed by atoms with van der Waals surface area (Å²) in [5.41, 5.74) is 3.21. The summed E-state index contributed by atoms with van der Waals surface area (Å²) in [6.45, 7) is 4.08. The predicted molar refractivity (Wildman–Crippen MR) is 121 cm³/mol. The van der Waals surface area contributed by atoms with Crippen LogP contribution in [0, 0.1) is 11.3 Å². The molecule has 8 heteroatoms. The van der Waals surface area contributed by atoms with Crippen LogP contribution in [0.2, 0.25) is 0 Å². The van der Waals surface area contributed by atoms with Gasteiger partial charge in [-0.1, -0.05) is 0 Å². The molecule has 0 radical (unpaired) electrons. The molecular formula is C23H22N8. The highest BCUT2D eigenvalue weighted by atomic mass is 15.3. The topological polar surface area (TPSA) is 85.9 Å². The van der Waals surface area contributed by atoms with Crippen molar-refractivity contribution in [2.75, 3.05) is 43.4 Å². The smallest absolute Gasteiger partial charge is 0.229 e. The van der Waals surface area contributed by atoms with Crippen molar-refractivity contribution in [3.8, 4) is 11.8 Å². The second kappa shape index (κ2) is 8.05. The maximum absolute atomic E-state index is 9.01. The average Bonchev–Trinajstić information content (AvgIpc) is 3.23. The molecule has 4 heterocycles. The summed E-state index contributed by atoms with van der Waals surface area (Å²) in [5.74, 6) is 1.50. The normalized spacial score (nSPS) is 14.5. The number of piperazine rings is 1. The summed E-state index contributed by atoms with van der Waals surface area (Å²) >= 11 is 0. The Bertz CT molecular complexity index is 1230. The minimum absolute atomic E-state index is 0.509. The molecule has 5 rings (SSSR count). The van der Waals surface area contributed by atoms with Gasteiger partial charge in [0.25, 0.3) is 0 Å². The van der Waals surface area contributed by atoms with Crippen LogP contribution >= 0.6 is 0 Å². The third kappa shape index (κ3) is 3.91. The van der Waals surface area contributed by atoms with E-state index in [1.54, 1.807) is 18.3 Å². The second-order valence-electron chi connectivity index (χ2n) is 7.64. The van der Waals surface area contributed by atoms with Gasteiger partial charge >= 0.3 is 0 Å². The minimum Gasteiger partial charge on any atom is -0.354 e. The Labute approximate surface area is 180 Å². The molecule has 0 aliphatic carbocycles. The first-order chi connectivity index (χ1) is 15.2. The molecule has 3 aromatic heterocycles. The van der Waals surface area contributed by atoms with Crippen LogP contribution in [0.3, 0.4) is 0 Å². The molecule has 1 aliphatic rings. The number of hydrogen-bond donors (Lipinski definition) is 1. The van der Waals surface area contributed by atoms with Crippen molar-refractivity contribution in [1.29, 1.82) is 5.26 Å². The van der Waals surface area contributed by atoms with Gasteiger partial charge in [0.05, 0.1) is 23.5 Å². The van der Waals surface area contributed by atoms with Crippen LogP contribution in [0.5, 0.6) is 0 Å². The van der Waals surface area contributed by atoms with Gasteiger partial charge < -0.3 is 19.7 Å². The highest BCUT2D eigenvalue weighted by Gasteiger charge is 2.15. The quantitative estimate of drug-likeness (QED) is 0.553. The van der Waals surface area contributed by atoms with Crippen LogP contribution in [0.4, 0.5) is 17.5 Å². The van der Waals surface area contributed by atoms with Crippen molar-refractivity contribution in [2.45, 2.75) is 0 Å². The van der Waals surface area contributed by atoms with E-state index in [-0.39, 0.29) is 0 Å². The predicted octanol–water partition coefficient (Wildman–Crippen LogP) is 3.18. The molecule has 0 amide bonds. The van der Waals surface area contributed by atoms with Gasteiger partial charge in [-0.05, 0) is 49.5 Å². The molecule has 1 fully saturated rings. The number of nitrogens with zero attached hydrogens (tertiary/aromatic N) is 7. The molecular weight excluding hydrogens is 388 g/mol. The van der Waals surface area contributed by atoms with E-state index in [1.807, 2.05) is 47.3 Å². The highest BCUT2D eigenvalue weighted by molar-refractivity contribution is 5.78. The Morgan fingerprint density at radius 1 is 0.935 bits per heavy atom. The van der Waals surface area contributed by atoms with Gasteiger partial charge in [0.1, 0.15) is 11.5 Å². The van der Waals surface area contributed by atoms with E-state index in [0.717, 1.165) is 54.4 Å². The molecule has 1 aromatic carbocycles. The molecule has 1 saturated heterocycles. The summed E-state index contributed by atoms with van der Waals surface area (Å²) in [5, 5.41) is 13.2. The summed E-state index contributed by atoms with van der Waals surface area (Å²) in [6.07, 6.45) is 5.58. The third-order valence-electron chi connectivity index (χ3n) is 5.53. The molecule has 8 nitrogen and oxygen atoms in total. The minimum atomic E-state index is 0.509. The summed E-state index contributed by atoms with van der Waals surface area (Å²) in [7, 11) is 2.15. The van der Waals surface area contributed by atoms with Crippen LogP contribution < -0.4 is 10.2 Å². The molecule has 0 saturated carbocycles. The summed E-state index contributed by atoms with van der Waals surface area (Å²) in [6, 6.07) is 15.6. The van der Waals surface area contributed by atoms with Crippen LogP contribution in [-0.2, 0) is 0 Å². The van der Waals surface area contributed by atoms with Crippen LogP contribution in [0.15, 0.2) is 61.1 Å². The maximum Gasteiger partial charge on any atom is 0.229 e. The first-order valence-electron chi connectivity index (χ1n) is 10.2. The summed E-state index contributed by atoms with van der Waals surface area (Å²) in [4.78, 5) is 18.4. The Morgan fingerprint density at radius 3 is 2.45 bits per heavy atom. The van der Waals surface area contributed by atoms with E-state index in [9.17, 15) is 0 Å². The van der Waals surface area contributed by atoms with Crippen molar-refractivity contribution < 1.29 is 0 Å². The lowest BCUT2D eigenvalue weighted by Gasteiger charge is -2.33. The Balaban J connectivity index is 1.36. The fraction of sp³-hybridized carbons (Fsp3) is 0.217. The van der Waals surface area contributed by atoms with Gasteiger partial charge in [0.2, 0.25) is 5.95 Å². The van der Waals surface area contributed by atoms with Crippen molar-refractivity contribution in [1.82, 2.24) is 24.4 Å². The number of benzene rings is 1. The lowest BCUT2D eigenvalue weighted by molar-refractivity contribution is 0.312. The first-order valence-corrected chi connectivity index (χ1v) is 10.2. The Morgan fingerprint density at radius 2 is 1.74 bits per heavy atom. The van der Waals surface area contributed by atoms with Gasteiger partial charge in [-0.3, -0.25) is 0 Å². The number of anilines is 3. The molecule has 1 N–H and O–H groups in total. The van der Waals surface area contributed by atoms with Crippen molar-refractivity contribution >= 4 is 28.5 Å². The average molecular weight is 410 g/mol. The fourth-order valence-electron chi connectivity index (χ4n) is 3.69. The number of hydrogen-bond acceptors (Lipinski definition) is 7. The highest BCUT2D eigenvalue weighted by Crippen LogP contribution is 2.22. The zero-order valence-electron chi connectivity index (χ0n) is 17.2. The molecule has 0 atom stereocenters. The lowest BCUT2D eigenvalue weighted by atomic mass is 10.2. The monoisotopic (exact) mass is 410 g/mol. The Hall–Kier alpha value is -3.96. The lowest BCUT2D eigenvalue weighted by Crippen LogP contribution is -2.44. The molecule has 0 bridgehead atoms. The van der Waals surface area contributed by atoms with Crippen LogP contribution in [0.1, 0.15) is 5.56 Å². The maximum atomic E-state index is 9.01. The number of nitriles is 1. The number of rotatable bonds is 4. The van der Waals surface area contributed by atoms with E-state index in [4.69, 9.17) is 10.2 Å². The third-order valence-corrected chi connectivity index (χ3v) is 5.53. The van der Waals surface area contributed by atoms with Crippen LogP contribution in [-0.4, -0.2) is 57.6 Å². The SMILES string of the molecule is CN1CCN(c2ccc(Nc3ncc4ccn(-c5ccc(C#N)cc5)c4n3)cn2)CC1. The largest absolute Gasteiger partial charge is 0.354 e. The van der Waals surface area contributed by atoms with Crippen LogP contribution in [0.25, 0.3) is 16.7 Å². The fourth-order valence-corrected chi connectivity index (χ4v) is 3.69. The van der Waals surface area contributed by atoms with E-state index in [0.29, 0.717) is 11.5 Å². The van der Waals surface area contributed by atoms with Crippen molar-refractivity contribution in [3.63, 3.8) is 0 Å². The van der Waals surface area contributed by atoms with Crippen molar-refractivity contribution in [3.05, 3.63) is 66.6 Å². The van der Waals surface area contributed by atoms with E-state index in [1.165, 1.54) is 0 Å². The van der Waals surface area contributed by atoms with Crippen molar-refractivity contribution in [2.24, 2.45) is 0 Å². The zero-order chi connectivity index (χ0) is 21.2. The first kappa shape index (κ1) is 19.0. The number of pyridine rings is 1. The van der Waals surface area contributed by atoms with E-state index >= 15 is 0 Å². The van der Waals surface area contributed by atoms with Gasteiger partial charge in [0, 0.05) is 49.6 Å². The van der Waals surface area contributed by atoms with Gasteiger partial charge in [-0.2, -0.15) is 10.2 Å². The molecule has 31 heavy (non-hydrogen) atoms. The Kier molecular flexibility index (Phi) is 4.94.